The van der Waals surface area contributed by atoms with Gasteiger partial charge in [0.1, 0.15) is 17.7 Å². The number of aliphatic hydroxyl groups excluding tert-OH is 1. The number of hydrogen-bond donors (Lipinski definition) is 4. The molecule has 1 aliphatic rings. The number of hydrazone groups is 1. The van der Waals surface area contributed by atoms with E-state index in [1.165, 1.54) is 19.4 Å². The number of carbonyl (C=O) groups excluding carboxylic acids is 1. The molecular weight excluding hydrogens is 371 g/mol. The number of sulfonamides is 1. The molecule has 0 fully saturated rings. The Morgan fingerprint density at radius 3 is 2.92 bits per heavy atom. The zero-order valence-electron chi connectivity index (χ0n) is 13.8. The zero-order chi connectivity index (χ0) is 19.3. The van der Waals surface area contributed by atoms with Crippen molar-refractivity contribution in [2.24, 2.45) is 5.10 Å². The number of amides is 2. The molecule has 0 saturated carbocycles. The molecule has 1 aromatic heterocycles. The van der Waals surface area contributed by atoms with Gasteiger partial charge in [-0.1, -0.05) is 5.10 Å². The van der Waals surface area contributed by atoms with E-state index >= 15 is 0 Å². The number of carbonyl (C=O) groups is 1. The number of halogens is 1. The molecule has 0 bridgehead atoms. The molecule has 2 amide bonds. The van der Waals surface area contributed by atoms with Crippen LogP contribution in [0.5, 0.6) is 0 Å². The maximum absolute atomic E-state index is 12.7. The van der Waals surface area contributed by atoms with Crippen LogP contribution in [-0.2, 0) is 14.8 Å². The van der Waals surface area contributed by atoms with E-state index in [4.69, 9.17) is 4.74 Å². The Morgan fingerprint density at radius 1 is 1.54 bits per heavy atom. The van der Waals surface area contributed by atoms with E-state index in [0.717, 1.165) is 11.3 Å². The summed E-state index contributed by atoms with van der Waals surface area (Å²) in [5.74, 6) is 0.171. The predicted molar refractivity (Wildman–Crippen MR) is 87.2 cm³/mol. The smallest absolute Gasteiger partial charge is 0.350 e. The van der Waals surface area contributed by atoms with Crippen molar-refractivity contribution in [3.05, 3.63) is 35.8 Å². The fourth-order valence-corrected chi connectivity index (χ4v) is 3.06. The first-order valence-corrected chi connectivity index (χ1v) is 8.65. The van der Waals surface area contributed by atoms with E-state index in [1.807, 2.05) is 0 Å². The molecule has 4 N–H and O–H groups in total. The topological polar surface area (TPSA) is 145 Å². The van der Waals surface area contributed by atoms with Gasteiger partial charge in [0.05, 0.1) is 12.8 Å². The number of pyridine rings is 1. The Bertz CT molecular complexity index is 843. The molecule has 1 unspecified atom stereocenters. The normalized spacial score (nSPS) is 15.3. The first-order chi connectivity index (χ1) is 12.3. The molecule has 0 spiro atoms. The minimum absolute atomic E-state index is 0.171. The van der Waals surface area contributed by atoms with Crippen molar-refractivity contribution >= 4 is 22.0 Å². The van der Waals surface area contributed by atoms with Crippen molar-refractivity contribution < 1.29 is 27.4 Å². The van der Waals surface area contributed by atoms with Crippen LogP contribution < -0.4 is 15.6 Å². The number of aromatic nitrogens is 1. The Hall–Kier alpha value is -2.93. The summed E-state index contributed by atoms with van der Waals surface area (Å²) in [5.41, 5.74) is 4.92. The van der Waals surface area contributed by atoms with Gasteiger partial charge >= 0.3 is 6.03 Å². The van der Waals surface area contributed by atoms with Crippen LogP contribution in [0.15, 0.2) is 40.1 Å². The number of urea groups is 1. The minimum Gasteiger partial charge on any atom is -0.480 e. The quantitative estimate of drug-likeness (QED) is 0.537. The summed E-state index contributed by atoms with van der Waals surface area (Å²) in [4.78, 5) is 15.1. The molecule has 1 aliphatic heterocycles. The molecule has 1 aromatic rings. The maximum Gasteiger partial charge on any atom is 0.350 e. The fourth-order valence-electron chi connectivity index (χ4n) is 1.94. The molecule has 13 heteroatoms. The largest absolute Gasteiger partial charge is 0.480 e. The van der Waals surface area contributed by atoms with Gasteiger partial charge in [-0.3, -0.25) is 10.4 Å². The van der Waals surface area contributed by atoms with E-state index in [0.29, 0.717) is 5.70 Å². The van der Waals surface area contributed by atoms with Gasteiger partial charge in [0.25, 0.3) is 10.0 Å². The average molecular weight is 388 g/mol. The second-order valence-corrected chi connectivity index (χ2v) is 6.65. The highest BCUT2D eigenvalue weighted by molar-refractivity contribution is 7.90. The van der Waals surface area contributed by atoms with Gasteiger partial charge < -0.3 is 9.84 Å². The van der Waals surface area contributed by atoms with E-state index in [9.17, 15) is 22.7 Å². The van der Waals surface area contributed by atoms with E-state index in [2.05, 4.69) is 20.9 Å². The van der Waals surface area contributed by atoms with Gasteiger partial charge in [0, 0.05) is 18.0 Å². The minimum atomic E-state index is -4.43. The molecule has 2 rings (SSSR count). The second kappa shape index (κ2) is 7.97. The first-order valence-electron chi connectivity index (χ1n) is 7.17. The number of allylic oxidation sites excluding steroid dienone is 1. The standard InChI is InChI=1S/C13H17FN6O5S/c1-8-6-11(25-2)17-20(16-8)18-13(22)19-26(23,24)10-4-3-5-15-12(10)9(21)7-14/h3-6,9,16,21H,7H2,1-2H3,(H2,18,19,22). The third kappa shape index (κ3) is 4.58. The highest BCUT2D eigenvalue weighted by Gasteiger charge is 2.26. The number of nitrogens with zero attached hydrogens (tertiary/aromatic N) is 3. The third-order valence-corrected chi connectivity index (χ3v) is 4.39. The van der Waals surface area contributed by atoms with Gasteiger partial charge in [-0.2, -0.15) is 0 Å². The van der Waals surface area contributed by atoms with Crippen LogP contribution in [0.1, 0.15) is 18.7 Å². The Morgan fingerprint density at radius 2 is 2.27 bits per heavy atom. The van der Waals surface area contributed by atoms with Crippen LogP contribution >= 0.6 is 0 Å². The highest BCUT2D eigenvalue weighted by Crippen LogP contribution is 2.20. The predicted octanol–water partition coefficient (Wildman–Crippen LogP) is -0.329. The van der Waals surface area contributed by atoms with Crippen molar-refractivity contribution in [1.29, 1.82) is 0 Å². The van der Waals surface area contributed by atoms with Crippen LogP contribution in [0.25, 0.3) is 0 Å². The molecule has 2 heterocycles. The number of rotatable bonds is 5. The summed E-state index contributed by atoms with van der Waals surface area (Å²) in [7, 11) is -3.06. The van der Waals surface area contributed by atoms with Crippen LogP contribution in [0.4, 0.5) is 9.18 Å². The lowest BCUT2D eigenvalue weighted by Crippen LogP contribution is -2.53. The number of hydrazine groups is 2. The molecule has 26 heavy (non-hydrogen) atoms. The second-order valence-electron chi connectivity index (χ2n) is 5.00. The van der Waals surface area contributed by atoms with Crippen molar-refractivity contribution in [3.8, 4) is 0 Å². The lowest BCUT2D eigenvalue weighted by atomic mass is 10.2. The van der Waals surface area contributed by atoms with Gasteiger partial charge in [-0.25, -0.2) is 27.8 Å². The van der Waals surface area contributed by atoms with Crippen molar-refractivity contribution in [1.82, 2.24) is 25.8 Å². The van der Waals surface area contributed by atoms with Gasteiger partial charge in [-0.15, -0.1) is 5.23 Å². The van der Waals surface area contributed by atoms with E-state index in [1.54, 1.807) is 17.7 Å². The monoisotopic (exact) mass is 388 g/mol. The summed E-state index contributed by atoms with van der Waals surface area (Å²) in [6.45, 7) is 0.431. The van der Waals surface area contributed by atoms with Crippen molar-refractivity contribution in [3.63, 3.8) is 0 Å². The maximum atomic E-state index is 12.7. The van der Waals surface area contributed by atoms with E-state index in [-0.39, 0.29) is 5.90 Å². The molecule has 0 radical (unpaired) electrons. The SMILES string of the molecule is COC1=NN(NC(=O)NS(=O)(=O)c2cccnc2C(O)CF)NC(C)=C1. The van der Waals surface area contributed by atoms with Crippen molar-refractivity contribution in [2.45, 2.75) is 17.9 Å². The summed E-state index contributed by atoms with van der Waals surface area (Å²) in [6.07, 6.45) is 1.00. The number of alkyl halides is 1. The number of hydrogen-bond acceptors (Lipinski definition) is 9. The van der Waals surface area contributed by atoms with Crippen LogP contribution in [0, 0.1) is 0 Å². The summed E-state index contributed by atoms with van der Waals surface area (Å²) < 4.78 is 44.0. The molecule has 11 nitrogen and oxygen atoms in total. The van der Waals surface area contributed by atoms with Crippen molar-refractivity contribution in [2.75, 3.05) is 13.8 Å². The fraction of sp³-hybridized carbons (Fsp3) is 0.308. The van der Waals surface area contributed by atoms with Gasteiger partial charge in [0.2, 0.25) is 5.90 Å². The molecular formula is C13H17FN6O5S. The Balaban J connectivity index is 2.14. The zero-order valence-corrected chi connectivity index (χ0v) is 14.6. The number of aliphatic hydroxyl groups is 1. The lowest BCUT2D eigenvalue weighted by molar-refractivity contribution is 0.134. The molecule has 1 atom stereocenters. The molecule has 0 aliphatic carbocycles. The summed E-state index contributed by atoms with van der Waals surface area (Å²) in [6, 6.07) is 1.21. The Kier molecular flexibility index (Phi) is 5.94. The molecule has 142 valence electrons. The molecule has 0 aromatic carbocycles. The van der Waals surface area contributed by atoms with Crippen LogP contribution in [0.2, 0.25) is 0 Å². The molecule has 0 saturated heterocycles. The van der Waals surface area contributed by atoms with Crippen LogP contribution in [0.3, 0.4) is 0 Å². The highest BCUT2D eigenvalue weighted by atomic mass is 32.2. The Labute approximate surface area is 148 Å². The number of nitrogens with one attached hydrogen (secondary N) is 3. The number of ether oxygens (including phenoxy) is 1. The third-order valence-electron chi connectivity index (χ3n) is 3.02. The van der Waals surface area contributed by atoms with Crippen LogP contribution in [-0.4, -0.2) is 49.4 Å². The first kappa shape index (κ1) is 19.4. The van der Waals surface area contributed by atoms with E-state index < -0.39 is 39.4 Å². The van der Waals surface area contributed by atoms with Gasteiger partial charge in [-0.05, 0) is 19.1 Å². The number of methoxy groups -OCH3 is 1. The lowest BCUT2D eigenvalue weighted by Gasteiger charge is -2.25. The van der Waals surface area contributed by atoms with Gasteiger partial charge in [0.15, 0.2) is 0 Å². The summed E-state index contributed by atoms with van der Waals surface area (Å²) >= 11 is 0. The summed E-state index contributed by atoms with van der Waals surface area (Å²) in [5, 5.41) is 14.2. The average Bonchev–Trinajstić information content (AvgIpc) is 2.59.